The number of urea groups is 1. The number of amides is 4. The Morgan fingerprint density at radius 3 is 2.29 bits per heavy atom. The molecule has 208 valence electrons. The molecular weight excluding hydrogens is 506 g/mol. The van der Waals surface area contributed by atoms with Gasteiger partial charge in [0.1, 0.15) is 5.75 Å². The molecule has 0 radical (unpaired) electrons. The van der Waals surface area contributed by atoms with Crippen molar-refractivity contribution in [1.82, 2.24) is 14.9 Å². The molecule has 1 unspecified atom stereocenters. The van der Waals surface area contributed by atoms with Crippen molar-refractivity contribution in [2.75, 3.05) is 13.7 Å². The van der Waals surface area contributed by atoms with Gasteiger partial charge in [0.05, 0.1) is 17.4 Å². The van der Waals surface area contributed by atoms with E-state index >= 15 is 0 Å². The Kier molecular flexibility index (Phi) is 10.9. The van der Waals surface area contributed by atoms with Crippen LogP contribution in [0.2, 0.25) is 0 Å². The normalized spacial score (nSPS) is 12.4. The third-order valence-electron chi connectivity index (χ3n) is 6.60. The Bertz CT molecular complexity index is 1230. The van der Waals surface area contributed by atoms with Crippen LogP contribution >= 0.6 is 0 Å². The summed E-state index contributed by atoms with van der Waals surface area (Å²) in [6, 6.07) is 10.6. The minimum atomic E-state index is -4.05. The fourth-order valence-corrected chi connectivity index (χ4v) is 5.26. The first kappa shape index (κ1) is 30.8. The second-order valence-corrected chi connectivity index (χ2v) is 11.5. The molecule has 2 aromatic rings. The summed E-state index contributed by atoms with van der Waals surface area (Å²) in [6.07, 6.45) is 3.19. The Labute approximate surface area is 226 Å². The minimum Gasteiger partial charge on any atom is -0.497 e. The maximum Gasteiger partial charge on any atom is 0.328 e. The van der Waals surface area contributed by atoms with Crippen LogP contribution in [0, 0.1) is 6.92 Å². The van der Waals surface area contributed by atoms with Crippen LogP contribution in [0.25, 0.3) is 0 Å². The second-order valence-electron chi connectivity index (χ2n) is 9.78. The van der Waals surface area contributed by atoms with Gasteiger partial charge in [-0.3, -0.25) is 14.5 Å². The molecule has 0 aliphatic rings. The average molecular weight is 546 g/mol. The van der Waals surface area contributed by atoms with E-state index in [-0.39, 0.29) is 23.4 Å². The molecule has 0 aliphatic carbocycles. The zero-order chi connectivity index (χ0) is 28.5. The van der Waals surface area contributed by atoms with Gasteiger partial charge in [0.15, 0.2) is 0 Å². The van der Waals surface area contributed by atoms with Crippen LogP contribution in [-0.2, 0) is 31.4 Å². The summed E-state index contributed by atoms with van der Waals surface area (Å²) in [6.45, 7) is 9.48. The van der Waals surface area contributed by atoms with E-state index in [0.29, 0.717) is 25.0 Å². The molecule has 0 aromatic heterocycles. The Morgan fingerprint density at radius 2 is 1.76 bits per heavy atom. The van der Waals surface area contributed by atoms with Crippen molar-refractivity contribution in [3.8, 4) is 5.75 Å². The molecule has 1 atom stereocenters. The van der Waals surface area contributed by atoms with Crippen molar-refractivity contribution in [1.29, 1.82) is 0 Å². The van der Waals surface area contributed by atoms with E-state index in [2.05, 4.69) is 5.32 Å². The summed E-state index contributed by atoms with van der Waals surface area (Å²) in [5, 5.41) is 2.68. The van der Waals surface area contributed by atoms with Crippen LogP contribution in [0.1, 0.15) is 63.6 Å². The number of sulfonamides is 1. The van der Waals surface area contributed by atoms with E-state index in [1.54, 1.807) is 39.2 Å². The number of methoxy groups -OCH3 is 1. The van der Waals surface area contributed by atoms with Gasteiger partial charge in [-0.1, -0.05) is 38.5 Å². The van der Waals surface area contributed by atoms with Gasteiger partial charge < -0.3 is 10.1 Å². The van der Waals surface area contributed by atoms with Gasteiger partial charge >= 0.3 is 6.03 Å². The highest BCUT2D eigenvalue weighted by Gasteiger charge is 2.35. The maximum atomic E-state index is 13.3. The first-order valence-electron chi connectivity index (χ1n) is 12.7. The number of hydrogen-bond acceptors (Lipinski definition) is 6. The van der Waals surface area contributed by atoms with Crippen molar-refractivity contribution in [3.05, 3.63) is 59.2 Å². The molecule has 2 N–H and O–H groups in total. The summed E-state index contributed by atoms with van der Waals surface area (Å²) in [5.74, 6) is 0.341. The molecule has 0 fully saturated rings. The van der Waals surface area contributed by atoms with E-state index < -0.39 is 21.5 Å². The highest BCUT2D eigenvalue weighted by Crippen LogP contribution is 2.30. The van der Waals surface area contributed by atoms with Gasteiger partial charge in [0, 0.05) is 12.6 Å². The first-order valence-corrected chi connectivity index (χ1v) is 14.2. The fraction of sp³-hybridized carbons (Fsp3) is 0.464. The summed E-state index contributed by atoms with van der Waals surface area (Å²) in [4.78, 5) is 38.4. The lowest BCUT2D eigenvalue weighted by molar-refractivity contribution is -0.142. The minimum absolute atomic E-state index is 0.0561. The topological polar surface area (TPSA) is 122 Å². The van der Waals surface area contributed by atoms with E-state index in [1.807, 2.05) is 37.6 Å². The molecule has 0 saturated carbocycles. The Hall–Kier alpha value is -3.40. The molecule has 2 aromatic carbocycles. The van der Waals surface area contributed by atoms with Crippen LogP contribution < -0.4 is 14.8 Å². The van der Waals surface area contributed by atoms with Gasteiger partial charge in [0.25, 0.3) is 10.0 Å². The first-order chi connectivity index (χ1) is 17.9. The Balaban J connectivity index is 2.06. The van der Waals surface area contributed by atoms with Gasteiger partial charge in [-0.15, -0.1) is 0 Å². The fourth-order valence-electron chi connectivity index (χ4n) is 4.35. The number of ether oxygens (including phenoxy) is 1. The number of aryl methyl sites for hydroxylation is 1. The molecular formula is C28H39N3O6S. The van der Waals surface area contributed by atoms with Gasteiger partial charge in [-0.2, -0.15) is 0 Å². The van der Waals surface area contributed by atoms with Crippen LogP contribution in [0.15, 0.2) is 47.4 Å². The van der Waals surface area contributed by atoms with Gasteiger partial charge in [-0.05, 0) is 81.0 Å². The number of imide groups is 1. The highest BCUT2D eigenvalue weighted by atomic mass is 32.2. The molecule has 0 saturated heterocycles. The van der Waals surface area contributed by atoms with Crippen molar-refractivity contribution in [2.45, 2.75) is 76.7 Å². The molecule has 9 nitrogen and oxygen atoms in total. The van der Waals surface area contributed by atoms with Crippen molar-refractivity contribution < 1.29 is 27.5 Å². The number of nitrogens with one attached hydrogen (secondary N) is 2. The lowest BCUT2D eigenvalue weighted by Gasteiger charge is -2.30. The van der Waals surface area contributed by atoms with Crippen LogP contribution in [0.3, 0.4) is 0 Å². The summed E-state index contributed by atoms with van der Waals surface area (Å²) in [5.41, 5.74) is 1.46. The van der Waals surface area contributed by atoms with Gasteiger partial charge in [0.2, 0.25) is 12.3 Å². The van der Waals surface area contributed by atoms with E-state index in [0.717, 1.165) is 34.4 Å². The molecule has 0 heterocycles. The maximum absolute atomic E-state index is 13.3. The molecule has 0 bridgehead atoms. The van der Waals surface area contributed by atoms with E-state index in [1.165, 1.54) is 12.1 Å². The number of carbonyl (C=O) groups excluding carboxylic acids is 3. The quantitative estimate of drug-likeness (QED) is 0.366. The number of benzene rings is 2. The monoisotopic (exact) mass is 545 g/mol. The largest absolute Gasteiger partial charge is 0.497 e. The predicted molar refractivity (Wildman–Crippen MR) is 147 cm³/mol. The SMILES string of the molecule is CCCC(CC)NC(=O)NS(=O)(=O)c1ccc(CCN(C=O)C(=O)C(C)(C)c2ccc(OC)cc2C)cc1. The molecule has 38 heavy (non-hydrogen) atoms. The second kappa shape index (κ2) is 13.4. The molecule has 4 amide bonds. The van der Waals surface area contributed by atoms with Crippen LogP contribution in [-0.4, -0.2) is 51.4 Å². The van der Waals surface area contributed by atoms with Crippen LogP contribution in [0.4, 0.5) is 4.79 Å². The summed E-state index contributed by atoms with van der Waals surface area (Å²) in [7, 11) is -2.47. The third-order valence-corrected chi connectivity index (χ3v) is 7.94. The van der Waals surface area contributed by atoms with Gasteiger partial charge in [-0.25, -0.2) is 17.9 Å². The lowest BCUT2D eigenvalue weighted by atomic mass is 9.80. The number of rotatable bonds is 13. The number of hydrogen-bond donors (Lipinski definition) is 2. The number of carbonyl (C=O) groups is 3. The molecule has 2 rings (SSSR count). The van der Waals surface area contributed by atoms with E-state index in [4.69, 9.17) is 4.74 Å². The molecule has 10 heteroatoms. The third kappa shape index (κ3) is 7.80. The van der Waals surface area contributed by atoms with Crippen molar-refractivity contribution in [2.24, 2.45) is 0 Å². The van der Waals surface area contributed by atoms with Crippen molar-refractivity contribution >= 4 is 28.4 Å². The van der Waals surface area contributed by atoms with E-state index in [9.17, 15) is 22.8 Å². The van der Waals surface area contributed by atoms with Crippen molar-refractivity contribution in [3.63, 3.8) is 0 Å². The summed E-state index contributed by atoms with van der Waals surface area (Å²) >= 11 is 0. The number of nitrogens with zero attached hydrogens (tertiary/aromatic N) is 1. The van der Waals surface area contributed by atoms with Crippen LogP contribution in [0.5, 0.6) is 5.75 Å². The Morgan fingerprint density at radius 1 is 1.11 bits per heavy atom. The summed E-state index contributed by atoms with van der Waals surface area (Å²) < 4.78 is 32.5. The smallest absolute Gasteiger partial charge is 0.328 e. The zero-order valence-electron chi connectivity index (χ0n) is 23.0. The highest BCUT2D eigenvalue weighted by molar-refractivity contribution is 7.90. The molecule has 0 aliphatic heterocycles. The molecule has 0 spiro atoms. The lowest BCUT2D eigenvalue weighted by Crippen LogP contribution is -2.44. The standard InChI is InChI=1S/C28H39N3O6S/c1-7-9-22(8-2)29-27(34)30-38(35,36)24-13-10-21(11-14-24)16-17-31(19-32)26(33)28(4,5)25-15-12-23(37-6)18-20(25)3/h10-15,18-19,22H,7-9,16-17H2,1-6H3,(H2,29,30,34). The predicted octanol–water partition coefficient (Wildman–Crippen LogP) is 4.08. The zero-order valence-corrected chi connectivity index (χ0v) is 23.9. The average Bonchev–Trinajstić information content (AvgIpc) is 2.88.